The fourth-order valence-electron chi connectivity index (χ4n) is 1.10. The molecule has 7 heteroatoms. The largest absolute Gasteiger partial charge is 0.390 e. The minimum absolute atomic E-state index is 0.146. The summed E-state index contributed by atoms with van der Waals surface area (Å²) in [7, 11) is 0. The predicted octanol–water partition coefficient (Wildman–Crippen LogP) is 0.658. The van der Waals surface area contributed by atoms with E-state index in [1.165, 1.54) is 12.1 Å². The van der Waals surface area contributed by atoms with E-state index in [9.17, 15) is 10.2 Å². The highest BCUT2D eigenvalue weighted by molar-refractivity contribution is 5.23. The lowest BCUT2D eigenvalue weighted by molar-refractivity contribution is 0.0217. The smallest absolute Gasteiger partial charge is 0.140 e. The summed E-state index contributed by atoms with van der Waals surface area (Å²) >= 11 is 0. The van der Waals surface area contributed by atoms with E-state index in [1.54, 1.807) is 6.07 Å². The van der Waals surface area contributed by atoms with Gasteiger partial charge in [-0.25, -0.2) is 4.98 Å². The summed E-state index contributed by atoms with van der Waals surface area (Å²) in [5.41, 5.74) is 8.37. The van der Waals surface area contributed by atoms with Gasteiger partial charge in [0.2, 0.25) is 0 Å². The fraction of sp³-hybridized carbons (Fsp3) is 0.333. The van der Waals surface area contributed by atoms with Gasteiger partial charge in [0.25, 0.3) is 0 Å². The summed E-state index contributed by atoms with van der Waals surface area (Å²) in [6.07, 6.45) is -2.52. The molecule has 0 bridgehead atoms. The lowest BCUT2D eigenvalue weighted by Crippen LogP contribution is -2.22. The van der Waals surface area contributed by atoms with E-state index in [0.717, 1.165) is 0 Å². The second-order valence-corrected chi connectivity index (χ2v) is 2.99. The average molecular weight is 219 g/mol. The highest BCUT2D eigenvalue weighted by atomic mass is 16.3. The number of aromatic nitrogens is 1. The molecule has 1 aromatic rings. The summed E-state index contributed by atoms with van der Waals surface area (Å²) in [6.45, 7) is -0.254. The maximum atomic E-state index is 9.63. The van der Waals surface area contributed by atoms with Crippen molar-refractivity contribution in [2.24, 2.45) is 5.11 Å². The van der Waals surface area contributed by atoms with Gasteiger partial charge in [0.05, 0.1) is 18.3 Å². The standard InChI is InChI=1S/C9H9N5O2/c10-4-6-2-1-3-7(13-6)9(16)8(15)5-12-14-11/h1-3,8-9,15-16H,5H2. The van der Waals surface area contributed by atoms with Gasteiger partial charge in [-0.15, -0.1) is 0 Å². The quantitative estimate of drug-likeness (QED) is 0.438. The molecule has 1 heterocycles. The van der Waals surface area contributed by atoms with E-state index >= 15 is 0 Å². The Balaban J connectivity index is 2.83. The van der Waals surface area contributed by atoms with Gasteiger partial charge in [0, 0.05) is 4.91 Å². The molecule has 2 atom stereocenters. The lowest BCUT2D eigenvalue weighted by atomic mass is 10.1. The Kier molecular flexibility index (Phi) is 4.24. The third kappa shape index (κ3) is 2.93. The van der Waals surface area contributed by atoms with E-state index in [1.807, 2.05) is 6.07 Å². The molecule has 0 aromatic carbocycles. The third-order valence-electron chi connectivity index (χ3n) is 1.88. The molecule has 0 saturated carbocycles. The molecular weight excluding hydrogens is 210 g/mol. The van der Waals surface area contributed by atoms with Crippen LogP contribution in [0, 0.1) is 11.3 Å². The number of pyridine rings is 1. The summed E-state index contributed by atoms with van der Waals surface area (Å²) < 4.78 is 0. The molecule has 7 nitrogen and oxygen atoms in total. The van der Waals surface area contributed by atoms with Crippen LogP contribution in [-0.2, 0) is 0 Å². The molecule has 1 rings (SSSR count). The summed E-state index contributed by atoms with van der Waals surface area (Å²) in [4.78, 5) is 6.28. The van der Waals surface area contributed by atoms with E-state index in [4.69, 9.17) is 10.8 Å². The molecule has 0 aliphatic carbocycles. The van der Waals surface area contributed by atoms with Crippen LogP contribution in [-0.4, -0.2) is 27.8 Å². The van der Waals surface area contributed by atoms with Gasteiger partial charge in [-0.1, -0.05) is 11.2 Å². The van der Waals surface area contributed by atoms with Crippen molar-refractivity contribution in [1.29, 1.82) is 5.26 Å². The van der Waals surface area contributed by atoms with Crippen molar-refractivity contribution >= 4 is 0 Å². The Morgan fingerprint density at radius 2 is 2.31 bits per heavy atom. The number of nitriles is 1. The molecule has 16 heavy (non-hydrogen) atoms. The van der Waals surface area contributed by atoms with Crippen molar-refractivity contribution in [3.05, 3.63) is 40.0 Å². The Morgan fingerprint density at radius 3 is 2.94 bits per heavy atom. The number of aliphatic hydroxyl groups excluding tert-OH is 2. The van der Waals surface area contributed by atoms with Gasteiger partial charge in [-0.2, -0.15) is 5.26 Å². The Hall–Kier alpha value is -2.13. The number of azide groups is 1. The number of hydrogen-bond donors (Lipinski definition) is 2. The van der Waals surface area contributed by atoms with Crippen molar-refractivity contribution in [2.75, 3.05) is 6.54 Å². The number of hydrogen-bond acceptors (Lipinski definition) is 5. The molecule has 0 radical (unpaired) electrons. The summed E-state index contributed by atoms with van der Waals surface area (Å²) in [5, 5.41) is 30.8. The zero-order valence-corrected chi connectivity index (χ0v) is 8.22. The minimum atomic E-state index is -1.28. The molecule has 2 N–H and O–H groups in total. The number of aliphatic hydroxyl groups is 2. The van der Waals surface area contributed by atoms with Crippen LogP contribution in [0.2, 0.25) is 0 Å². The SMILES string of the molecule is N#Cc1cccc(C(O)C(O)CN=[N+]=[N-])n1. The average Bonchev–Trinajstić information content (AvgIpc) is 2.35. The summed E-state index contributed by atoms with van der Waals surface area (Å²) in [6, 6.07) is 6.32. The fourth-order valence-corrected chi connectivity index (χ4v) is 1.10. The molecule has 82 valence electrons. The van der Waals surface area contributed by atoms with Crippen LogP contribution >= 0.6 is 0 Å². The van der Waals surface area contributed by atoms with Gasteiger partial charge in [-0.3, -0.25) is 0 Å². The minimum Gasteiger partial charge on any atom is -0.390 e. The molecule has 0 fully saturated rings. The van der Waals surface area contributed by atoms with Gasteiger partial charge < -0.3 is 10.2 Å². The third-order valence-corrected chi connectivity index (χ3v) is 1.88. The molecule has 0 saturated heterocycles. The van der Waals surface area contributed by atoms with E-state index in [2.05, 4.69) is 15.0 Å². The molecule has 2 unspecified atom stereocenters. The van der Waals surface area contributed by atoms with Crippen LogP contribution in [0.5, 0.6) is 0 Å². The molecule has 0 aliphatic heterocycles. The zero-order chi connectivity index (χ0) is 12.0. The number of rotatable bonds is 4. The van der Waals surface area contributed by atoms with E-state index in [0.29, 0.717) is 0 Å². The Morgan fingerprint density at radius 1 is 1.56 bits per heavy atom. The first kappa shape index (κ1) is 11.9. The second kappa shape index (κ2) is 5.68. The topological polar surface area (TPSA) is 126 Å². The Bertz CT molecular complexity index is 449. The molecule has 0 amide bonds. The van der Waals surface area contributed by atoms with E-state index < -0.39 is 12.2 Å². The van der Waals surface area contributed by atoms with Crippen LogP contribution in [0.1, 0.15) is 17.5 Å². The normalized spacial score (nSPS) is 13.3. The maximum Gasteiger partial charge on any atom is 0.140 e. The van der Waals surface area contributed by atoms with Gasteiger partial charge >= 0.3 is 0 Å². The first-order valence-electron chi connectivity index (χ1n) is 4.43. The number of nitrogens with zero attached hydrogens (tertiary/aromatic N) is 5. The Labute approximate surface area is 91.2 Å². The maximum absolute atomic E-state index is 9.63. The molecule has 0 spiro atoms. The summed E-state index contributed by atoms with van der Waals surface area (Å²) in [5.74, 6) is 0. The lowest BCUT2D eigenvalue weighted by Gasteiger charge is -2.14. The van der Waals surface area contributed by atoms with Gasteiger partial charge in [0.1, 0.15) is 17.9 Å². The molecule has 1 aromatic heterocycles. The first-order chi connectivity index (χ1) is 7.69. The van der Waals surface area contributed by atoms with Crippen LogP contribution in [0.25, 0.3) is 10.4 Å². The predicted molar refractivity (Wildman–Crippen MR) is 53.9 cm³/mol. The van der Waals surface area contributed by atoms with Gasteiger partial charge in [0.15, 0.2) is 0 Å². The van der Waals surface area contributed by atoms with Crippen LogP contribution in [0.15, 0.2) is 23.3 Å². The zero-order valence-electron chi connectivity index (χ0n) is 8.22. The van der Waals surface area contributed by atoms with Crippen molar-refractivity contribution in [1.82, 2.24) is 4.98 Å². The highest BCUT2D eigenvalue weighted by Gasteiger charge is 2.18. The van der Waals surface area contributed by atoms with Crippen LogP contribution in [0.3, 0.4) is 0 Å². The van der Waals surface area contributed by atoms with Crippen molar-refractivity contribution in [3.8, 4) is 6.07 Å². The van der Waals surface area contributed by atoms with Crippen LogP contribution < -0.4 is 0 Å². The molecular formula is C9H9N5O2. The molecule has 0 aliphatic rings. The van der Waals surface area contributed by atoms with Crippen LogP contribution in [0.4, 0.5) is 0 Å². The first-order valence-corrected chi connectivity index (χ1v) is 4.43. The van der Waals surface area contributed by atoms with Crippen molar-refractivity contribution < 1.29 is 10.2 Å². The van der Waals surface area contributed by atoms with Crippen molar-refractivity contribution in [2.45, 2.75) is 12.2 Å². The van der Waals surface area contributed by atoms with E-state index in [-0.39, 0.29) is 17.9 Å². The van der Waals surface area contributed by atoms with Crippen molar-refractivity contribution in [3.63, 3.8) is 0 Å². The second-order valence-electron chi connectivity index (χ2n) is 2.99. The highest BCUT2D eigenvalue weighted by Crippen LogP contribution is 2.15. The monoisotopic (exact) mass is 219 g/mol. The van der Waals surface area contributed by atoms with Gasteiger partial charge in [-0.05, 0) is 17.7 Å².